The van der Waals surface area contributed by atoms with Gasteiger partial charge < -0.3 is 10.2 Å². The third kappa shape index (κ3) is 5.59. The van der Waals surface area contributed by atoms with Crippen LogP contribution < -0.4 is 0 Å². The second-order valence-electron chi connectivity index (χ2n) is 5.80. The van der Waals surface area contributed by atoms with Crippen LogP contribution in [0.3, 0.4) is 0 Å². The molecule has 2 aromatic rings. The summed E-state index contributed by atoms with van der Waals surface area (Å²) in [5, 5.41) is 19.9. The lowest BCUT2D eigenvalue weighted by molar-refractivity contribution is 0.167. The van der Waals surface area contributed by atoms with E-state index in [1.807, 2.05) is 0 Å². The average molecular weight is 370 g/mol. The normalized spacial score (nSPS) is 14.2. The van der Waals surface area contributed by atoms with Crippen LogP contribution in [-0.4, -0.2) is 30.1 Å². The van der Waals surface area contributed by atoms with Gasteiger partial charge in [0.15, 0.2) is 9.84 Å². The minimum atomic E-state index is -3.58. The Labute approximate surface area is 145 Å². The van der Waals surface area contributed by atoms with Crippen LogP contribution in [0.15, 0.2) is 48.5 Å². The summed E-state index contributed by atoms with van der Waals surface area (Å²) in [6.07, 6.45) is -2.77. The molecule has 0 radical (unpaired) electrons. The van der Waals surface area contributed by atoms with Gasteiger partial charge in [-0.2, -0.15) is 0 Å². The number of aliphatic hydroxyl groups is 2. The lowest BCUT2D eigenvalue weighted by Crippen LogP contribution is -2.16. The molecule has 2 atom stereocenters. The van der Waals surface area contributed by atoms with Crippen molar-refractivity contribution in [1.82, 2.24) is 0 Å². The predicted molar refractivity (Wildman–Crippen MR) is 90.6 cm³/mol. The lowest BCUT2D eigenvalue weighted by Gasteiger charge is -2.14. The van der Waals surface area contributed by atoms with E-state index in [-0.39, 0.29) is 35.5 Å². The molecule has 0 aliphatic carbocycles. The van der Waals surface area contributed by atoms with Gasteiger partial charge >= 0.3 is 0 Å². The molecule has 0 fully saturated rings. The first-order chi connectivity index (χ1) is 11.8. The molecule has 0 heterocycles. The topological polar surface area (TPSA) is 74.6 Å². The first-order valence-corrected chi connectivity index (χ1v) is 9.67. The summed E-state index contributed by atoms with van der Waals surface area (Å²) < 4.78 is 51.2. The van der Waals surface area contributed by atoms with Gasteiger partial charge in [-0.05, 0) is 25.0 Å². The van der Waals surface area contributed by atoms with E-state index in [9.17, 15) is 27.4 Å². The molecule has 0 saturated heterocycles. The Morgan fingerprint density at radius 1 is 0.760 bits per heavy atom. The molecule has 0 aliphatic rings. The zero-order valence-corrected chi connectivity index (χ0v) is 14.3. The van der Waals surface area contributed by atoms with Crippen LogP contribution in [0.2, 0.25) is 0 Å². The molecule has 0 aliphatic heterocycles. The summed E-state index contributed by atoms with van der Waals surface area (Å²) in [5.74, 6) is -1.90. The van der Waals surface area contributed by atoms with Crippen LogP contribution in [0, 0.1) is 11.6 Å². The quantitative estimate of drug-likeness (QED) is 0.749. The van der Waals surface area contributed by atoms with Crippen molar-refractivity contribution in [1.29, 1.82) is 0 Å². The van der Waals surface area contributed by atoms with Crippen molar-refractivity contribution in [2.75, 3.05) is 11.5 Å². The summed E-state index contributed by atoms with van der Waals surface area (Å²) >= 11 is 0. The molecule has 2 N–H and O–H groups in total. The molecule has 0 spiro atoms. The van der Waals surface area contributed by atoms with E-state index in [2.05, 4.69) is 0 Å². The molecular formula is C18H20F2O4S. The fourth-order valence-electron chi connectivity index (χ4n) is 2.49. The Morgan fingerprint density at radius 2 is 1.12 bits per heavy atom. The van der Waals surface area contributed by atoms with Crippen molar-refractivity contribution < 1.29 is 27.4 Å². The number of hydrogen-bond acceptors (Lipinski definition) is 4. The number of aliphatic hydroxyl groups excluding tert-OH is 2. The van der Waals surface area contributed by atoms with Crippen molar-refractivity contribution in [2.24, 2.45) is 0 Å². The maximum Gasteiger partial charge on any atom is 0.150 e. The number of rotatable bonds is 8. The second-order valence-corrected chi connectivity index (χ2v) is 8.11. The third-order valence-corrected chi connectivity index (χ3v) is 5.65. The monoisotopic (exact) mass is 370 g/mol. The van der Waals surface area contributed by atoms with Gasteiger partial charge in [0.05, 0.1) is 23.7 Å². The summed E-state index contributed by atoms with van der Waals surface area (Å²) in [6.45, 7) is 0. The van der Waals surface area contributed by atoms with E-state index in [0.29, 0.717) is 0 Å². The highest BCUT2D eigenvalue weighted by molar-refractivity contribution is 7.91. The van der Waals surface area contributed by atoms with E-state index < -0.39 is 33.7 Å². The van der Waals surface area contributed by atoms with Gasteiger partial charge in [0, 0.05) is 11.1 Å². The summed E-state index contributed by atoms with van der Waals surface area (Å²) in [5.41, 5.74) is 0.0909. The van der Waals surface area contributed by atoms with Gasteiger partial charge in [-0.1, -0.05) is 36.4 Å². The van der Waals surface area contributed by atoms with Crippen LogP contribution in [0.25, 0.3) is 0 Å². The van der Waals surface area contributed by atoms with E-state index in [1.54, 1.807) is 12.1 Å². The molecule has 2 unspecified atom stereocenters. The van der Waals surface area contributed by atoms with E-state index in [0.717, 1.165) is 0 Å². The second kappa shape index (κ2) is 8.51. The SMILES string of the molecule is O=S(=O)(CCC(O)c1ccccc1F)CCC(O)c1ccccc1F. The zero-order valence-electron chi connectivity index (χ0n) is 13.5. The molecule has 0 saturated carbocycles. The van der Waals surface area contributed by atoms with Crippen molar-refractivity contribution >= 4 is 9.84 Å². The maximum absolute atomic E-state index is 13.6. The highest BCUT2D eigenvalue weighted by Gasteiger charge is 2.20. The van der Waals surface area contributed by atoms with Crippen molar-refractivity contribution in [3.8, 4) is 0 Å². The molecule has 136 valence electrons. The van der Waals surface area contributed by atoms with Crippen LogP contribution >= 0.6 is 0 Å². The standard InChI is InChI=1S/C18H20F2O4S/c19-15-7-3-1-5-13(15)17(21)9-11-25(23,24)12-10-18(22)14-6-2-4-8-16(14)20/h1-8,17-18,21-22H,9-12H2. The Bertz CT molecular complexity index is 747. The molecule has 0 bridgehead atoms. The maximum atomic E-state index is 13.6. The first kappa shape index (κ1) is 19.5. The molecule has 0 aromatic heterocycles. The van der Waals surface area contributed by atoms with Gasteiger partial charge in [0.2, 0.25) is 0 Å². The zero-order chi connectivity index (χ0) is 18.4. The van der Waals surface area contributed by atoms with E-state index in [1.165, 1.54) is 36.4 Å². The van der Waals surface area contributed by atoms with Gasteiger partial charge in [-0.25, -0.2) is 17.2 Å². The van der Waals surface area contributed by atoms with Gasteiger partial charge in [0.25, 0.3) is 0 Å². The Kier molecular flexibility index (Phi) is 6.64. The van der Waals surface area contributed by atoms with Gasteiger partial charge in [-0.15, -0.1) is 0 Å². The van der Waals surface area contributed by atoms with Crippen molar-refractivity contribution in [3.05, 3.63) is 71.3 Å². The average Bonchev–Trinajstić information content (AvgIpc) is 2.59. The minimum absolute atomic E-state index is 0.0455. The fourth-order valence-corrected chi connectivity index (χ4v) is 3.85. The van der Waals surface area contributed by atoms with E-state index in [4.69, 9.17) is 0 Å². The van der Waals surface area contributed by atoms with Gasteiger partial charge in [-0.3, -0.25) is 0 Å². The first-order valence-electron chi connectivity index (χ1n) is 7.85. The fraction of sp³-hybridized carbons (Fsp3) is 0.333. The summed E-state index contributed by atoms with van der Waals surface area (Å²) in [4.78, 5) is 0. The number of sulfone groups is 1. The largest absolute Gasteiger partial charge is 0.388 e. The van der Waals surface area contributed by atoms with Crippen molar-refractivity contribution in [3.63, 3.8) is 0 Å². The van der Waals surface area contributed by atoms with Crippen LogP contribution in [0.1, 0.15) is 36.2 Å². The van der Waals surface area contributed by atoms with Gasteiger partial charge in [0.1, 0.15) is 11.6 Å². The molecule has 2 rings (SSSR count). The smallest absolute Gasteiger partial charge is 0.150 e. The third-order valence-electron chi connectivity index (χ3n) is 3.93. The number of halogens is 2. The Morgan fingerprint density at radius 3 is 1.48 bits per heavy atom. The summed E-state index contributed by atoms with van der Waals surface area (Å²) in [7, 11) is -3.58. The lowest BCUT2D eigenvalue weighted by atomic mass is 10.1. The minimum Gasteiger partial charge on any atom is -0.388 e. The molecule has 7 heteroatoms. The van der Waals surface area contributed by atoms with Crippen LogP contribution in [0.4, 0.5) is 8.78 Å². The number of benzene rings is 2. The number of hydrogen-bond donors (Lipinski definition) is 2. The highest BCUT2D eigenvalue weighted by Crippen LogP contribution is 2.23. The van der Waals surface area contributed by atoms with Crippen LogP contribution in [-0.2, 0) is 9.84 Å². The van der Waals surface area contributed by atoms with Crippen LogP contribution in [0.5, 0.6) is 0 Å². The highest BCUT2D eigenvalue weighted by atomic mass is 32.2. The molecule has 4 nitrogen and oxygen atoms in total. The molecule has 25 heavy (non-hydrogen) atoms. The molecule has 2 aromatic carbocycles. The molecular weight excluding hydrogens is 350 g/mol. The Hall–Kier alpha value is -1.83. The predicted octanol–water partition coefficient (Wildman–Crippen LogP) is 2.93. The Balaban J connectivity index is 1.90. The molecule has 0 amide bonds. The summed E-state index contributed by atoms with van der Waals surface area (Å²) in [6, 6.07) is 11.2. The van der Waals surface area contributed by atoms with Crippen molar-refractivity contribution in [2.45, 2.75) is 25.0 Å². The van der Waals surface area contributed by atoms with E-state index >= 15 is 0 Å².